The lowest BCUT2D eigenvalue weighted by atomic mass is 10.2. The molecule has 0 saturated heterocycles. The van der Waals surface area contributed by atoms with E-state index >= 15 is 0 Å². The molecule has 2 aromatic heterocycles. The van der Waals surface area contributed by atoms with Gasteiger partial charge in [-0.2, -0.15) is 0 Å². The van der Waals surface area contributed by atoms with E-state index in [1.165, 1.54) is 0 Å². The van der Waals surface area contributed by atoms with Crippen LogP contribution >= 0.6 is 0 Å². The Kier molecular flexibility index (Phi) is 2.31. The molecule has 0 saturated carbocycles. The van der Waals surface area contributed by atoms with Crippen LogP contribution in [0.2, 0.25) is 0 Å². The third kappa shape index (κ3) is 1.82. The van der Waals surface area contributed by atoms with Crippen LogP contribution in [0.4, 0.5) is 8.78 Å². The minimum atomic E-state index is -0.727. The number of hydrogen-bond acceptors (Lipinski definition) is 3. The van der Waals surface area contributed by atoms with Crippen molar-refractivity contribution in [1.29, 1.82) is 0 Å². The maximum absolute atomic E-state index is 13.6. The van der Waals surface area contributed by atoms with Gasteiger partial charge in [0.1, 0.15) is 23.0 Å². The Bertz CT molecular complexity index is 894. The van der Waals surface area contributed by atoms with Crippen LogP contribution in [-0.4, -0.2) is 19.9 Å². The van der Waals surface area contributed by atoms with Gasteiger partial charge in [-0.05, 0) is 18.2 Å². The fourth-order valence-corrected chi connectivity index (χ4v) is 1.74. The topological polar surface area (TPSA) is 94.4 Å². The maximum atomic E-state index is 13.6. The smallest absolute Gasteiger partial charge is 0.327 e. The highest BCUT2D eigenvalue weighted by Gasteiger charge is 2.13. The van der Waals surface area contributed by atoms with Crippen LogP contribution < -0.4 is 11.2 Å². The minimum Gasteiger partial charge on any atom is -0.332 e. The molecule has 8 heteroatoms. The molecule has 0 amide bonds. The van der Waals surface area contributed by atoms with E-state index in [1.807, 2.05) is 4.98 Å². The van der Waals surface area contributed by atoms with Crippen molar-refractivity contribution in [1.82, 2.24) is 19.9 Å². The van der Waals surface area contributed by atoms with Crippen molar-refractivity contribution in [2.75, 3.05) is 0 Å². The van der Waals surface area contributed by atoms with Crippen LogP contribution in [0.25, 0.3) is 22.6 Å². The fraction of sp³-hybridized carbons (Fsp3) is 0. The molecule has 0 atom stereocenters. The largest absolute Gasteiger partial charge is 0.332 e. The number of imidazole rings is 1. The molecular formula is C11H6F2N4O2. The molecule has 0 aliphatic heterocycles. The first-order valence-corrected chi connectivity index (χ1v) is 5.22. The SMILES string of the molecule is O=c1[nH]c(=O)c2[nH]c(-c3cc(F)ccc3F)nc2[nH]1. The van der Waals surface area contributed by atoms with Gasteiger partial charge in [0.25, 0.3) is 5.56 Å². The van der Waals surface area contributed by atoms with E-state index in [2.05, 4.69) is 15.0 Å². The molecule has 1 aromatic carbocycles. The lowest BCUT2D eigenvalue weighted by Crippen LogP contribution is -2.21. The van der Waals surface area contributed by atoms with Crippen LogP contribution in [0.1, 0.15) is 0 Å². The maximum Gasteiger partial charge on any atom is 0.327 e. The number of fused-ring (bicyclic) bond motifs is 1. The van der Waals surface area contributed by atoms with E-state index in [0.717, 1.165) is 18.2 Å². The van der Waals surface area contributed by atoms with Crippen molar-refractivity contribution >= 4 is 11.2 Å². The van der Waals surface area contributed by atoms with Gasteiger partial charge in [-0.25, -0.2) is 18.6 Å². The number of H-pyrrole nitrogens is 3. The molecule has 3 rings (SSSR count). The zero-order valence-corrected chi connectivity index (χ0v) is 9.25. The van der Waals surface area contributed by atoms with Crippen LogP contribution in [0.15, 0.2) is 27.8 Å². The Morgan fingerprint density at radius 1 is 1.05 bits per heavy atom. The van der Waals surface area contributed by atoms with Crippen LogP contribution in [0.5, 0.6) is 0 Å². The van der Waals surface area contributed by atoms with Gasteiger partial charge < -0.3 is 4.98 Å². The molecule has 3 aromatic rings. The predicted octanol–water partition coefficient (Wildman–Crippen LogP) is 0.885. The number of nitrogens with one attached hydrogen (secondary N) is 3. The van der Waals surface area contributed by atoms with Gasteiger partial charge in [-0.3, -0.25) is 14.8 Å². The molecule has 6 nitrogen and oxygen atoms in total. The number of halogens is 2. The van der Waals surface area contributed by atoms with Crippen molar-refractivity contribution in [3.8, 4) is 11.4 Å². The number of rotatable bonds is 1. The molecule has 0 radical (unpaired) electrons. The highest BCUT2D eigenvalue weighted by molar-refractivity contribution is 5.74. The molecular weight excluding hydrogens is 258 g/mol. The number of nitrogens with zero attached hydrogens (tertiary/aromatic N) is 1. The first-order valence-electron chi connectivity index (χ1n) is 5.22. The molecule has 0 aliphatic rings. The zero-order valence-electron chi connectivity index (χ0n) is 9.25. The molecule has 3 N–H and O–H groups in total. The molecule has 2 heterocycles. The predicted molar refractivity (Wildman–Crippen MR) is 62.7 cm³/mol. The highest BCUT2D eigenvalue weighted by atomic mass is 19.1. The molecule has 19 heavy (non-hydrogen) atoms. The number of benzene rings is 1. The summed E-state index contributed by atoms with van der Waals surface area (Å²) in [6.07, 6.45) is 0. The Morgan fingerprint density at radius 2 is 1.84 bits per heavy atom. The lowest BCUT2D eigenvalue weighted by Gasteiger charge is -1.98. The summed E-state index contributed by atoms with van der Waals surface area (Å²) >= 11 is 0. The first kappa shape index (κ1) is 11.3. The van der Waals surface area contributed by atoms with Crippen molar-refractivity contribution < 1.29 is 8.78 Å². The summed E-state index contributed by atoms with van der Waals surface area (Å²) in [5, 5.41) is 0. The number of aromatic nitrogens is 4. The fourth-order valence-electron chi connectivity index (χ4n) is 1.74. The van der Waals surface area contributed by atoms with Gasteiger partial charge in [0.2, 0.25) is 0 Å². The second-order valence-corrected chi connectivity index (χ2v) is 3.84. The van der Waals surface area contributed by atoms with E-state index in [0.29, 0.717) is 0 Å². The molecule has 0 bridgehead atoms. The normalized spacial score (nSPS) is 11.1. The number of aromatic amines is 3. The first-order chi connectivity index (χ1) is 9.04. The summed E-state index contributed by atoms with van der Waals surface area (Å²) in [5.74, 6) is -1.38. The Balaban J connectivity index is 2.32. The third-order valence-corrected chi connectivity index (χ3v) is 2.57. The molecule has 96 valence electrons. The summed E-state index contributed by atoms with van der Waals surface area (Å²) in [6.45, 7) is 0. The van der Waals surface area contributed by atoms with E-state index in [9.17, 15) is 18.4 Å². The van der Waals surface area contributed by atoms with Crippen molar-refractivity contribution in [3.05, 3.63) is 50.7 Å². The highest BCUT2D eigenvalue weighted by Crippen LogP contribution is 2.21. The summed E-state index contributed by atoms with van der Waals surface area (Å²) in [7, 11) is 0. The average molecular weight is 264 g/mol. The zero-order chi connectivity index (χ0) is 13.6. The average Bonchev–Trinajstić information content (AvgIpc) is 2.76. The molecule has 0 spiro atoms. The summed E-state index contributed by atoms with van der Waals surface area (Å²) < 4.78 is 26.7. The van der Waals surface area contributed by atoms with Crippen LogP contribution in [0.3, 0.4) is 0 Å². The van der Waals surface area contributed by atoms with Gasteiger partial charge in [-0.15, -0.1) is 0 Å². The van der Waals surface area contributed by atoms with Crippen molar-refractivity contribution in [3.63, 3.8) is 0 Å². The van der Waals surface area contributed by atoms with Crippen LogP contribution in [0, 0.1) is 11.6 Å². The summed E-state index contributed by atoms with van der Waals surface area (Å²) in [6, 6.07) is 2.86. The van der Waals surface area contributed by atoms with Gasteiger partial charge in [0.15, 0.2) is 5.65 Å². The molecule has 0 unspecified atom stereocenters. The molecule has 0 fully saturated rings. The summed E-state index contributed by atoms with van der Waals surface area (Å²) in [5.41, 5.74) is -1.58. The Morgan fingerprint density at radius 3 is 2.63 bits per heavy atom. The van der Waals surface area contributed by atoms with Crippen molar-refractivity contribution in [2.24, 2.45) is 0 Å². The van der Waals surface area contributed by atoms with E-state index < -0.39 is 22.9 Å². The van der Waals surface area contributed by atoms with Crippen molar-refractivity contribution in [2.45, 2.75) is 0 Å². The Hall–Kier alpha value is -2.77. The number of hydrogen-bond donors (Lipinski definition) is 3. The quantitative estimate of drug-likeness (QED) is 0.609. The second-order valence-electron chi connectivity index (χ2n) is 3.84. The van der Waals surface area contributed by atoms with Gasteiger partial charge in [0, 0.05) is 0 Å². The third-order valence-electron chi connectivity index (χ3n) is 2.57. The standard InChI is InChI=1S/C11H6F2N4O2/c12-4-1-2-6(13)5(3-4)8-14-7-9(15-8)16-11(19)17-10(7)18/h1-3H,(H3,14,15,16,17,18,19). The van der Waals surface area contributed by atoms with Gasteiger partial charge in [-0.1, -0.05) is 0 Å². The van der Waals surface area contributed by atoms with E-state index in [-0.39, 0.29) is 22.6 Å². The van der Waals surface area contributed by atoms with Gasteiger partial charge >= 0.3 is 5.69 Å². The van der Waals surface area contributed by atoms with E-state index in [1.54, 1.807) is 0 Å². The molecule has 0 aliphatic carbocycles. The lowest BCUT2D eigenvalue weighted by molar-refractivity contribution is 0.602. The monoisotopic (exact) mass is 264 g/mol. The summed E-state index contributed by atoms with van der Waals surface area (Å²) in [4.78, 5) is 33.2. The van der Waals surface area contributed by atoms with Crippen LogP contribution in [-0.2, 0) is 0 Å². The second kappa shape index (κ2) is 3.87. The minimum absolute atomic E-state index is 0.0155. The van der Waals surface area contributed by atoms with Gasteiger partial charge in [0.05, 0.1) is 5.56 Å². The Labute approximate surface area is 103 Å². The van der Waals surface area contributed by atoms with E-state index in [4.69, 9.17) is 0 Å².